The van der Waals surface area contributed by atoms with E-state index in [9.17, 15) is 0 Å². The van der Waals surface area contributed by atoms with Crippen molar-refractivity contribution in [3.05, 3.63) is 71.0 Å². The van der Waals surface area contributed by atoms with Gasteiger partial charge < -0.3 is 9.47 Å². The Labute approximate surface area is 153 Å². The molecule has 6 nitrogen and oxygen atoms in total. The molecule has 7 heteroatoms. The molecule has 0 amide bonds. The monoisotopic (exact) mass is 362 g/mol. The van der Waals surface area contributed by atoms with Gasteiger partial charge in [-0.3, -0.25) is 0 Å². The fraction of sp³-hybridized carbons (Fsp3) is 0.105. The second kappa shape index (κ2) is 6.27. The van der Waals surface area contributed by atoms with Gasteiger partial charge in [-0.05, 0) is 23.8 Å². The van der Waals surface area contributed by atoms with Crippen LogP contribution in [0.25, 0.3) is 17.1 Å². The second-order valence-corrected chi connectivity index (χ2v) is 6.79. The molecule has 2 aromatic carbocycles. The van der Waals surface area contributed by atoms with Gasteiger partial charge in [-0.25, -0.2) is 0 Å². The highest BCUT2D eigenvalue weighted by atomic mass is 32.1. The zero-order valence-corrected chi connectivity index (χ0v) is 14.5. The van der Waals surface area contributed by atoms with Crippen molar-refractivity contribution in [3.8, 4) is 11.5 Å². The molecule has 1 aliphatic rings. The van der Waals surface area contributed by atoms with Crippen LogP contribution in [0.5, 0.6) is 11.5 Å². The van der Waals surface area contributed by atoms with Crippen LogP contribution in [0, 0.1) is 0 Å². The Kier molecular flexibility index (Phi) is 3.64. The number of hydrogen-bond donors (Lipinski definition) is 0. The summed E-state index contributed by atoms with van der Waals surface area (Å²) in [7, 11) is 0. The van der Waals surface area contributed by atoms with Crippen LogP contribution >= 0.6 is 11.3 Å². The third-order valence-electron chi connectivity index (χ3n) is 4.05. The van der Waals surface area contributed by atoms with Crippen molar-refractivity contribution in [2.45, 2.75) is 6.10 Å². The van der Waals surface area contributed by atoms with Crippen LogP contribution in [-0.2, 0) is 0 Å². The number of aromatic nitrogens is 4. The van der Waals surface area contributed by atoms with Crippen LogP contribution in [0.3, 0.4) is 0 Å². The van der Waals surface area contributed by atoms with E-state index in [-0.39, 0.29) is 6.10 Å². The van der Waals surface area contributed by atoms with Crippen molar-refractivity contribution < 1.29 is 9.47 Å². The van der Waals surface area contributed by atoms with Gasteiger partial charge in [-0.2, -0.15) is 9.61 Å². The van der Waals surface area contributed by atoms with Gasteiger partial charge in [0.1, 0.15) is 11.6 Å². The molecule has 1 aliphatic heterocycles. The molecular formula is C19H14N4O2S. The molecule has 26 heavy (non-hydrogen) atoms. The van der Waals surface area contributed by atoms with E-state index in [1.165, 1.54) is 11.3 Å². The van der Waals surface area contributed by atoms with Crippen molar-refractivity contribution in [1.29, 1.82) is 0 Å². The zero-order valence-electron chi connectivity index (χ0n) is 13.6. The number of hydrogen-bond acceptors (Lipinski definition) is 6. The number of ether oxygens (including phenoxy) is 2. The number of para-hydroxylation sites is 2. The Morgan fingerprint density at radius 3 is 2.65 bits per heavy atom. The molecule has 0 bridgehead atoms. The van der Waals surface area contributed by atoms with Crippen molar-refractivity contribution in [2.24, 2.45) is 0 Å². The summed E-state index contributed by atoms with van der Waals surface area (Å²) in [4.78, 5) is 0.732. The molecule has 1 atom stereocenters. The lowest BCUT2D eigenvalue weighted by Gasteiger charge is -2.24. The summed E-state index contributed by atoms with van der Waals surface area (Å²) in [6, 6.07) is 17.7. The Hall–Kier alpha value is -3.19. The zero-order chi connectivity index (χ0) is 17.3. The Balaban J connectivity index is 1.43. The van der Waals surface area contributed by atoms with E-state index in [0.29, 0.717) is 18.2 Å². The molecule has 0 spiro atoms. The maximum Gasteiger partial charge on any atom is 0.235 e. The molecule has 0 saturated heterocycles. The average Bonchev–Trinajstić information content (AvgIpc) is 3.27. The highest BCUT2D eigenvalue weighted by Crippen LogP contribution is 2.35. The SMILES string of the molecule is C(=C/c1nn2c([C@@H]3COc4ccccc4O3)nnc2s1)/c1ccccc1. The van der Waals surface area contributed by atoms with Gasteiger partial charge in [0, 0.05) is 0 Å². The normalized spacial score (nSPS) is 16.4. The van der Waals surface area contributed by atoms with Gasteiger partial charge >= 0.3 is 0 Å². The van der Waals surface area contributed by atoms with Crippen molar-refractivity contribution in [1.82, 2.24) is 19.8 Å². The first kappa shape index (κ1) is 15.1. The van der Waals surface area contributed by atoms with Crippen LogP contribution in [-0.4, -0.2) is 26.4 Å². The Morgan fingerprint density at radius 1 is 0.962 bits per heavy atom. The minimum Gasteiger partial charge on any atom is -0.485 e. The van der Waals surface area contributed by atoms with E-state index in [4.69, 9.17) is 9.47 Å². The van der Waals surface area contributed by atoms with E-state index >= 15 is 0 Å². The van der Waals surface area contributed by atoms with Crippen LogP contribution in [0.1, 0.15) is 22.5 Å². The average molecular weight is 362 g/mol. The lowest BCUT2D eigenvalue weighted by Crippen LogP contribution is -2.23. The molecule has 0 N–H and O–H groups in total. The second-order valence-electron chi connectivity index (χ2n) is 5.80. The minimum absolute atomic E-state index is 0.340. The fourth-order valence-corrected chi connectivity index (χ4v) is 3.54. The summed E-state index contributed by atoms with van der Waals surface area (Å²) in [5, 5.41) is 13.9. The summed E-state index contributed by atoms with van der Waals surface area (Å²) >= 11 is 1.48. The maximum absolute atomic E-state index is 6.02. The van der Waals surface area contributed by atoms with Crippen LogP contribution in [0.2, 0.25) is 0 Å². The van der Waals surface area contributed by atoms with Gasteiger partial charge in [0.2, 0.25) is 4.96 Å². The lowest BCUT2D eigenvalue weighted by molar-refractivity contribution is 0.0836. The Morgan fingerprint density at radius 2 is 1.77 bits per heavy atom. The maximum atomic E-state index is 6.02. The third kappa shape index (κ3) is 2.72. The van der Waals surface area contributed by atoms with Gasteiger partial charge in [-0.1, -0.05) is 59.9 Å². The first-order chi connectivity index (χ1) is 12.9. The third-order valence-corrected chi connectivity index (χ3v) is 4.91. The molecule has 0 saturated carbocycles. The predicted molar refractivity (Wildman–Crippen MR) is 99.3 cm³/mol. The molecule has 0 unspecified atom stereocenters. The van der Waals surface area contributed by atoms with Crippen LogP contribution in [0.15, 0.2) is 54.6 Å². The smallest absolute Gasteiger partial charge is 0.235 e. The number of nitrogens with zero attached hydrogens (tertiary/aromatic N) is 4. The van der Waals surface area contributed by atoms with Crippen molar-refractivity contribution in [2.75, 3.05) is 6.61 Å². The van der Waals surface area contributed by atoms with Gasteiger partial charge in [0.15, 0.2) is 23.4 Å². The number of rotatable bonds is 3. The van der Waals surface area contributed by atoms with E-state index in [1.54, 1.807) is 4.52 Å². The molecule has 4 aromatic rings. The minimum atomic E-state index is -0.340. The molecule has 3 heterocycles. The molecule has 0 aliphatic carbocycles. The van der Waals surface area contributed by atoms with E-state index in [1.807, 2.05) is 66.7 Å². The molecule has 0 fully saturated rings. The molecule has 128 valence electrons. The summed E-state index contributed by atoms with van der Waals surface area (Å²) in [5.74, 6) is 2.10. The first-order valence-electron chi connectivity index (χ1n) is 8.20. The van der Waals surface area contributed by atoms with Gasteiger partial charge in [0.25, 0.3) is 0 Å². The largest absolute Gasteiger partial charge is 0.485 e. The molecular weight excluding hydrogens is 348 g/mol. The number of fused-ring (bicyclic) bond motifs is 2. The fourth-order valence-electron chi connectivity index (χ4n) is 2.79. The molecule has 5 rings (SSSR count). The molecule has 2 aromatic heterocycles. The predicted octanol–water partition coefficient (Wildman–Crippen LogP) is 3.87. The van der Waals surface area contributed by atoms with E-state index < -0.39 is 0 Å². The Bertz CT molecular complexity index is 1090. The van der Waals surface area contributed by atoms with E-state index in [0.717, 1.165) is 21.3 Å². The van der Waals surface area contributed by atoms with Crippen molar-refractivity contribution in [3.63, 3.8) is 0 Å². The summed E-state index contributed by atoms with van der Waals surface area (Å²) in [6.45, 7) is 0.379. The standard InChI is InChI=1S/C19H14N4O2S/c1-2-6-13(7-3-1)10-11-17-22-23-18(20-21-19(23)26-17)16-12-24-14-8-4-5-9-15(14)25-16/h1-11,16H,12H2/b11-10-/t16-/m0/s1. The summed E-state index contributed by atoms with van der Waals surface area (Å²) in [6.07, 6.45) is 3.67. The highest BCUT2D eigenvalue weighted by molar-refractivity contribution is 7.17. The van der Waals surface area contributed by atoms with Crippen molar-refractivity contribution >= 4 is 28.4 Å². The van der Waals surface area contributed by atoms with Crippen LogP contribution < -0.4 is 9.47 Å². The van der Waals surface area contributed by atoms with Gasteiger partial charge in [0.05, 0.1) is 0 Å². The summed E-state index contributed by atoms with van der Waals surface area (Å²) < 4.78 is 13.5. The quantitative estimate of drug-likeness (QED) is 0.554. The summed E-state index contributed by atoms with van der Waals surface area (Å²) in [5.41, 5.74) is 1.12. The number of benzene rings is 2. The highest BCUT2D eigenvalue weighted by Gasteiger charge is 2.27. The van der Waals surface area contributed by atoms with Gasteiger partial charge in [-0.15, -0.1) is 10.2 Å². The lowest BCUT2D eigenvalue weighted by atomic mass is 10.2. The topological polar surface area (TPSA) is 61.5 Å². The first-order valence-corrected chi connectivity index (χ1v) is 9.02. The molecule has 0 radical (unpaired) electrons. The van der Waals surface area contributed by atoms with E-state index in [2.05, 4.69) is 15.3 Å². The van der Waals surface area contributed by atoms with Crippen LogP contribution in [0.4, 0.5) is 0 Å².